The second-order valence-corrected chi connectivity index (χ2v) is 14.2. The summed E-state index contributed by atoms with van der Waals surface area (Å²) in [5.41, 5.74) is -0.929. The largest absolute Gasteiger partial charge is 0.386 e. The van der Waals surface area contributed by atoms with Gasteiger partial charge in [-0.15, -0.1) is 6.58 Å². The van der Waals surface area contributed by atoms with Gasteiger partial charge in [0, 0.05) is 0 Å². The molecule has 0 amide bonds. The average Bonchev–Trinajstić information content (AvgIpc) is 2.39. The van der Waals surface area contributed by atoms with Crippen LogP contribution in [0.25, 0.3) is 0 Å². The fourth-order valence-corrected chi connectivity index (χ4v) is 7.28. The van der Waals surface area contributed by atoms with Crippen molar-refractivity contribution in [2.24, 2.45) is 0 Å². The van der Waals surface area contributed by atoms with Crippen LogP contribution in [0, 0.1) is 0 Å². The van der Waals surface area contributed by atoms with E-state index >= 15 is 0 Å². The van der Waals surface area contributed by atoms with Crippen LogP contribution in [-0.2, 0) is 9.84 Å². The van der Waals surface area contributed by atoms with Crippen LogP contribution in [-0.4, -0.2) is 37.7 Å². The number of hydrogen-bond acceptors (Lipinski definition) is 3. The summed E-state index contributed by atoms with van der Waals surface area (Å²) in [6.07, 6.45) is 2.17. The maximum absolute atomic E-state index is 12.0. The molecule has 0 aliphatic carbocycles. The second kappa shape index (κ2) is 3.68. The van der Waals surface area contributed by atoms with Crippen molar-refractivity contribution in [2.75, 3.05) is 0 Å². The summed E-state index contributed by atoms with van der Waals surface area (Å²) in [4.78, 5) is 0. The first-order chi connectivity index (χ1) is 7.57. The molecule has 2 atom stereocenters. The Morgan fingerprint density at radius 3 is 2.00 bits per heavy atom. The minimum Gasteiger partial charge on any atom is -0.386 e. The predicted molar refractivity (Wildman–Crippen MR) is 72.4 cm³/mol. The molecule has 3 nitrogen and oxygen atoms in total. The fourth-order valence-electron chi connectivity index (χ4n) is 3.19. The quantitative estimate of drug-likeness (QED) is 0.782. The van der Waals surface area contributed by atoms with E-state index in [2.05, 4.69) is 26.2 Å². The molecule has 0 aromatic carbocycles. The van der Waals surface area contributed by atoms with Crippen molar-refractivity contribution in [1.82, 2.24) is 0 Å². The Morgan fingerprint density at radius 2 is 1.65 bits per heavy atom. The van der Waals surface area contributed by atoms with Crippen molar-refractivity contribution >= 4 is 17.9 Å². The summed E-state index contributed by atoms with van der Waals surface area (Å²) >= 11 is 0. The molecule has 2 unspecified atom stereocenters. The highest BCUT2D eigenvalue weighted by atomic mass is 32.2. The maximum Gasteiger partial charge on any atom is 0.156 e. The summed E-state index contributed by atoms with van der Waals surface area (Å²) in [7, 11) is -4.60. The molecule has 2 fully saturated rings. The van der Waals surface area contributed by atoms with E-state index in [-0.39, 0.29) is 10.5 Å². The summed E-state index contributed by atoms with van der Waals surface area (Å²) in [5.74, 6) is 0. The van der Waals surface area contributed by atoms with Crippen LogP contribution >= 0.6 is 0 Å². The highest BCUT2D eigenvalue weighted by Crippen LogP contribution is 2.47. The molecule has 2 bridgehead atoms. The minimum atomic E-state index is -2.96. The highest BCUT2D eigenvalue weighted by Gasteiger charge is 2.54. The molecule has 2 saturated heterocycles. The molecule has 1 N–H and O–H groups in total. The van der Waals surface area contributed by atoms with E-state index in [0.29, 0.717) is 25.7 Å². The topological polar surface area (TPSA) is 54.4 Å². The summed E-state index contributed by atoms with van der Waals surface area (Å²) < 4.78 is 24.0. The number of aliphatic hydroxyl groups is 1. The number of hydrogen-bond donors (Lipinski definition) is 1. The summed E-state index contributed by atoms with van der Waals surface area (Å²) in [5, 5.41) is 11.0. The van der Waals surface area contributed by atoms with E-state index < -0.39 is 23.5 Å². The van der Waals surface area contributed by atoms with Gasteiger partial charge in [-0.1, -0.05) is 24.8 Å². The lowest BCUT2D eigenvalue weighted by Crippen LogP contribution is -2.50. The second-order valence-electron chi connectivity index (χ2n) is 6.58. The van der Waals surface area contributed by atoms with Gasteiger partial charge < -0.3 is 5.11 Å². The van der Waals surface area contributed by atoms with Gasteiger partial charge in [-0.25, -0.2) is 8.42 Å². The Hall–Kier alpha value is -0.133. The molecule has 98 valence electrons. The van der Waals surface area contributed by atoms with Crippen LogP contribution in [0.3, 0.4) is 0 Å². The molecule has 2 aliphatic heterocycles. The minimum absolute atomic E-state index is 0.334. The van der Waals surface area contributed by atoms with Crippen LogP contribution in [0.2, 0.25) is 19.6 Å². The van der Waals surface area contributed by atoms with Crippen molar-refractivity contribution in [3.05, 3.63) is 11.8 Å². The molecule has 0 aromatic rings. The van der Waals surface area contributed by atoms with Gasteiger partial charge in [0.1, 0.15) is 0 Å². The van der Waals surface area contributed by atoms with Gasteiger partial charge in [-0.3, -0.25) is 0 Å². The van der Waals surface area contributed by atoms with Crippen molar-refractivity contribution in [1.29, 1.82) is 0 Å². The lowest BCUT2D eigenvalue weighted by molar-refractivity contribution is 0.0651. The number of fused-ring (bicyclic) bond motifs is 2. The van der Waals surface area contributed by atoms with Crippen LogP contribution in [0.5, 0.6) is 0 Å². The Balaban J connectivity index is 2.31. The van der Waals surface area contributed by atoms with Crippen LogP contribution < -0.4 is 0 Å². The van der Waals surface area contributed by atoms with E-state index in [1.165, 1.54) is 0 Å². The molecule has 17 heavy (non-hydrogen) atoms. The molecule has 0 radical (unpaired) electrons. The zero-order chi connectivity index (χ0) is 13.1. The van der Waals surface area contributed by atoms with Gasteiger partial charge in [-0.2, -0.15) is 0 Å². The molecular weight excluding hydrogens is 252 g/mol. The van der Waals surface area contributed by atoms with Gasteiger partial charge in [0.2, 0.25) is 0 Å². The molecule has 0 saturated carbocycles. The third kappa shape index (κ3) is 2.02. The van der Waals surface area contributed by atoms with E-state index in [0.717, 1.165) is 5.20 Å². The molecule has 0 aromatic heterocycles. The third-order valence-corrected chi connectivity index (χ3v) is 9.28. The Bertz CT molecular complexity index is 427. The van der Waals surface area contributed by atoms with Gasteiger partial charge in [0.05, 0.1) is 24.2 Å². The van der Waals surface area contributed by atoms with Gasteiger partial charge in [0.15, 0.2) is 9.84 Å². The average molecular weight is 274 g/mol. The summed E-state index contributed by atoms with van der Waals surface area (Å²) in [6.45, 7) is 10.5. The van der Waals surface area contributed by atoms with E-state index in [1.807, 2.05) is 0 Å². The lowest BCUT2D eigenvalue weighted by atomic mass is 9.93. The molecule has 2 rings (SSSR count). The first-order valence-corrected chi connectivity index (χ1v) is 11.3. The van der Waals surface area contributed by atoms with Crippen LogP contribution in [0.4, 0.5) is 0 Å². The molecular formula is C12H22O3SSi. The fraction of sp³-hybridized carbons (Fsp3) is 0.833. The van der Waals surface area contributed by atoms with Crippen molar-refractivity contribution in [2.45, 2.75) is 61.4 Å². The standard InChI is InChI=1S/C12H22O3SSi/c1-9(17(2,3)4)12(13)7-10-5-6-11(8-12)16(10,14)15/h10-11,13H,1,5-8H2,2-4H3. The Morgan fingerprint density at radius 1 is 1.24 bits per heavy atom. The zero-order valence-electron chi connectivity index (χ0n) is 10.9. The first kappa shape index (κ1) is 13.3. The van der Waals surface area contributed by atoms with Crippen molar-refractivity contribution in [3.8, 4) is 0 Å². The monoisotopic (exact) mass is 274 g/mol. The van der Waals surface area contributed by atoms with E-state index in [1.54, 1.807) is 0 Å². The zero-order valence-corrected chi connectivity index (χ0v) is 12.7. The van der Waals surface area contributed by atoms with Gasteiger partial charge in [0.25, 0.3) is 0 Å². The smallest absolute Gasteiger partial charge is 0.156 e. The SMILES string of the molecule is C=C(C1(O)CC2CCC(C1)S2(=O)=O)[Si](C)(C)C. The number of rotatable bonds is 2. The van der Waals surface area contributed by atoms with Gasteiger partial charge in [-0.05, 0) is 25.7 Å². The molecule has 5 heteroatoms. The molecule has 0 spiro atoms. The molecule has 2 heterocycles. The summed E-state index contributed by atoms with van der Waals surface area (Å²) in [6, 6.07) is 0. The highest BCUT2D eigenvalue weighted by molar-refractivity contribution is 7.93. The molecule has 2 aliphatic rings. The lowest BCUT2D eigenvalue weighted by Gasteiger charge is -2.41. The Kier molecular flexibility index (Phi) is 2.88. The maximum atomic E-state index is 12.0. The normalized spacial score (nSPS) is 40.2. The predicted octanol–water partition coefficient (Wildman–Crippen LogP) is 1.89. The first-order valence-electron chi connectivity index (χ1n) is 6.22. The van der Waals surface area contributed by atoms with E-state index in [9.17, 15) is 13.5 Å². The van der Waals surface area contributed by atoms with E-state index in [4.69, 9.17) is 0 Å². The number of sulfone groups is 1. The third-order valence-electron chi connectivity index (χ3n) is 4.34. The van der Waals surface area contributed by atoms with Crippen LogP contribution in [0.15, 0.2) is 11.8 Å². The van der Waals surface area contributed by atoms with Crippen LogP contribution in [0.1, 0.15) is 25.7 Å². The van der Waals surface area contributed by atoms with Crippen molar-refractivity contribution in [3.63, 3.8) is 0 Å². The Labute approximate surface area is 105 Å². The van der Waals surface area contributed by atoms with Crippen molar-refractivity contribution < 1.29 is 13.5 Å². The van der Waals surface area contributed by atoms with Gasteiger partial charge >= 0.3 is 0 Å².